The summed E-state index contributed by atoms with van der Waals surface area (Å²) < 4.78 is 0. The quantitative estimate of drug-likeness (QED) is 0.639. The lowest BCUT2D eigenvalue weighted by Gasteiger charge is -2.28. The summed E-state index contributed by atoms with van der Waals surface area (Å²) in [6.45, 7) is 6.17. The zero-order valence-electron chi connectivity index (χ0n) is 7.42. The maximum absolute atomic E-state index is 4.29. The van der Waals surface area contributed by atoms with Gasteiger partial charge in [-0.3, -0.25) is 0 Å². The average Bonchev–Trinajstić information content (AvgIpc) is 2.06. The highest BCUT2D eigenvalue weighted by molar-refractivity contribution is 7.80. The molecule has 1 aliphatic heterocycles. The van der Waals surface area contributed by atoms with Crippen LogP contribution in [0.5, 0.6) is 0 Å². The van der Waals surface area contributed by atoms with E-state index in [4.69, 9.17) is 0 Å². The predicted molar refractivity (Wildman–Crippen MR) is 53.3 cm³/mol. The molecule has 1 atom stereocenters. The van der Waals surface area contributed by atoms with Gasteiger partial charge in [0.2, 0.25) is 0 Å². The molecule has 0 aromatic rings. The minimum Gasteiger partial charge on any atom is -0.303 e. The largest absolute Gasteiger partial charge is 0.303 e. The van der Waals surface area contributed by atoms with E-state index >= 15 is 0 Å². The number of rotatable bonds is 3. The molecule has 11 heavy (non-hydrogen) atoms. The van der Waals surface area contributed by atoms with Crippen molar-refractivity contribution in [2.45, 2.75) is 26.2 Å². The molecule has 0 bridgehead atoms. The number of nitrogens with zero attached hydrogens (tertiary/aromatic N) is 1. The Morgan fingerprint density at radius 2 is 1.91 bits per heavy atom. The Bertz CT molecular complexity index is 99.7. The topological polar surface area (TPSA) is 3.24 Å². The zero-order chi connectivity index (χ0) is 8.10. The summed E-state index contributed by atoms with van der Waals surface area (Å²) >= 11 is 4.29. The predicted octanol–water partition coefficient (Wildman–Crippen LogP) is 2.04. The van der Waals surface area contributed by atoms with Gasteiger partial charge >= 0.3 is 0 Å². The first kappa shape index (κ1) is 9.40. The van der Waals surface area contributed by atoms with Gasteiger partial charge in [0.15, 0.2) is 0 Å². The molecule has 0 radical (unpaired) electrons. The molecule has 0 N–H and O–H groups in total. The molecule has 0 aromatic carbocycles. The summed E-state index contributed by atoms with van der Waals surface area (Å²) in [4.78, 5) is 2.57. The van der Waals surface area contributed by atoms with Crippen LogP contribution in [0.25, 0.3) is 0 Å². The number of piperidine rings is 1. The molecule has 1 aliphatic rings. The third-order valence-corrected chi connectivity index (χ3v) is 2.95. The van der Waals surface area contributed by atoms with Gasteiger partial charge in [0.05, 0.1) is 0 Å². The Kier molecular flexibility index (Phi) is 4.31. The molecule has 2 heteroatoms. The van der Waals surface area contributed by atoms with E-state index < -0.39 is 0 Å². The van der Waals surface area contributed by atoms with Crippen LogP contribution in [0.1, 0.15) is 26.2 Å². The molecule has 1 nitrogen and oxygen atoms in total. The van der Waals surface area contributed by atoms with Gasteiger partial charge in [-0.2, -0.15) is 12.6 Å². The standard InChI is InChI=1S/C9H19NS/c1-9(8-11)7-10-5-3-2-4-6-10/h9,11H,2-8H2,1H3. The lowest BCUT2D eigenvalue weighted by atomic mass is 10.1. The number of thiol groups is 1. The fourth-order valence-corrected chi connectivity index (χ4v) is 1.76. The number of hydrogen-bond donors (Lipinski definition) is 1. The molecular weight excluding hydrogens is 154 g/mol. The molecule has 1 heterocycles. The van der Waals surface area contributed by atoms with Crippen molar-refractivity contribution < 1.29 is 0 Å². The third kappa shape index (κ3) is 3.48. The number of likely N-dealkylation sites (tertiary alicyclic amines) is 1. The van der Waals surface area contributed by atoms with Crippen LogP contribution in [-0.2, 0) is 0 Å². The first-order chi connectivity index (χ1) is 5.33. The molecule has 0 saturated carbocycles. The van der Waals surface area contributed by atoms with Crippen molar-refractivity contribution in [2.75, 3.05) is 25.4 Å². The van der Waals surface area contributed by atoms with Gasteiger partial charge in [0.25, 0.3) is 0 Å². The lowest BCUT2D eigenvalue weighted by Crippen LogP contribution is -2.33. The van der Waals surface area contributed by atoms with Crippen LogP contribution in [-0.4, -0.2) is 30.3 Å². The van der Waals surface area contributed by atoms with Gasteiger partial charge in [0.1, 0.15) is 0 Å². The van der Waals surface area contributed by atoms with Crippen molar-refractivity contribution in [1.82, 2.24) is 4.90 Å². The Morgan fingerprint density at radius 1 is 1.27 bits per heavy atom. The minimum absolute atomic E-state index is 0.761. The van der Waals surface area contributed by atoms with Crippen molar-refractivity contribution in [2.24, 2.45) is 5.92 Å². The van der Waals surface area contributed by atoms with Crippen LogP contribution in [0.15, 0.2) is 0 Å². The van der Waals surface area contributed by atoms with Crippen molar-refractivity contribution in [3.8, 4) is 0 Å². The molecule has 1 fully saturated rings. The van der Waals surface area contributed by atoms with Crippen molar-refractivity contribution in [3.05, 3.63) is 0 Å². The van der Waals surface area contributed by atoms with Crippen molar-refractivity contribution in [3.63, 3.8) is 0 Å². The summed E-state index contributed by atoms with van der Waals surface area (Å²) in [5.41, 5.74) is 0. The SMILES string of the molecule is CC(CS)CN1CCCCC1. The summed E-state index contributed by atoms with van der Waals surface area (Å²) in [7, 11) is 0. The van der Waals surface area contributed by atoms with E-state index in [-0.39, 0.29) is 0 Å². The van der Waals surface area contributed by atoms with Crippen LogP contribution in [0.4, 0.5) is 0 Å². The van der Waals surface area contributed by atoms with Crippen molar-refractivity contribution >= 4 is 12.6 Å². The molecule has 66 valence electrons. The molecular formula is C9H19NS. The van der Waals surface area contributed by atoms with E-state index in [0.29, 0.717) is 0 Å². The van der Waals surface area contributed by atoms with Crippen molar-refractivity contribution in [1.29, 1.82) is 0 Å². The molecule has 1 unspecified atom stereocenters. The van der Waals surface area contributed by atoms with Crippen LogP contribution in [0, 0.1) is 5.92 Å². The molecule has 1 rings (SSSR count). The van der Waals surface area contributed by atoms with Gasteiger partial charge < -0.3 is 4.90 Å². The van der Waals surface area contributed by atoms with Crippen LogP contribution >= 0.6 is 12.6 Å². The minimum atomic E-state index is 0.761. The molecule has 0 spiro atoms. The second-order valence-corrected chi connectivity index (χ2v) is 4.01. The Labute approximate surface area is 75.6 Å². The Balaban J connectivity index is 2.13. The third-order valence-electron chi connectivity index (χ3n) is 2.33. The van der Waals surface area contributed by atoms with E-state index in [1.165, 1.54) is 38.9 Å². The zero-order valence-corrected chi connectivity index (χ0v) is 8.32. The molecule has 0 aliphatic carbocycles. The maximum atomic E-state index is 4.29. The Morgan fingerprint density at radius 3 is 2.45 bits per heavy atom. The first-order valence-corrected chi connectivity index (χ1v) is 5.29. The highest BCUT2D eigenvalue weighted by atomic mass is 32.1. The van der Waals surface area contributed by atoms with Crippen LogP contribution in [0.3, 0.4) is 0 Å². The van der Waals surface area contributed by atoms with Gasteiger partial charge in [-0.15, -0.1) is 0 Å². The maximum Gasteiger partial charge on any atom is 0.00148 e. The summed E-state index contributed by atoms with van der Waals surface area (Å²) in [6.07, 6.45) is 4.24. The highest BCUT2D eigenvalue weighted by Crippen LogP contribution is 2.11. The second-order valence-electron chi connectivity index (χ2n) is 3.65. The van der Waals surface area contributed by atoms with Gasteiger partial charge in [-0.25, -0.2) is 0 Å². The van der Waals surface area contributed by atoms with Crippen LogP contribution in [0.2, 0.25) is 0 Å². The second kappa shape index (κ2) is 5.04. The monoisotopic (exact) mass is 173 g/mol. The van der Waals surface area contributed by atoms with E-state index in [1.54, 1.807) is 0 Å². The lowest BCUT2D eigenvalue weighted by molar-refractivity contribution is 0.207. The van der Waals surface area contributed by atoms with E-state index in [2.05, 4.69) is 24.5 Å². The normalized spacial score (nSPS) is 23.5. The van der Waals surface area contributed by atoms with E-state index in [1.807, 2.05) is 0 Å². The van der Waals surface area contributed by atoms with E-state index in [0.717, 1.165) is 11.7 Å². The average molecular weight is 173 g/mol. The fourth-order valence-electron chi connectivity index (χ4n) is 1.64. The van der Waals surface area contributed by atoms with Gasteiger partial charge in [-0.05, 0) is 37.6 Å². The fraction of sp³-hybridized carbons (Fsp3) is 1.00. The van der Waals surface area contributed by atoms with Crippen LogP contribution < -0.4 is 0 Å². The summed E-state index contributed by atoms with van der Waals surface area (Å²) in [5, 5.41) is 0. The van der Waals surface area contributed by atoms with E-state index in [9.17, 15) is 0 Å². The summed E-state index contributed by atoms with van der Waals surface area (Å²) in [6, 6.07) is 0. The smallest absolute Gasteiger partial charge is 0.00148 e. The first-order valence-electron chi connectivity index (χ1n) is 4.66. The molecule has 0 aromatic heterocycles. The highest BCUT2D eigenvalue weighted by Gasteiger charge is 2.11. The summed E-state index contributed by atoms with van der Waals surface area (Å²) in [5.74, 6) is 1.78. The van der Waals surface area contributed by atoms with Gasteiger partial charge in [-0.1, -0.05) is 13.3 Å². The Hall–Kier alpha value is 0.310. The van der Waals surface area contributed by atoms with Gasteiger partial charge in [0, 0.05) is 6.54 Å². The molecule has 0 amide bonds. The number of hydrogen-bond acceptors (Lipinski definition) is 2. The molecule has 1 saturated heterocycles.